The minimum Gasteiger partial charge on any atom is -0.311 e. The fourth-order valence-electron chi connectivity index (χ4n) is 8.49. The number of hydrogen-bond acceptors (Lipinski definition) is 2. The Morgan fingerprint density at radius 3 is 1.48 bits per heavy atom. The Labute approximate surface area is 361 Å². The van der Waals surface area contributed by atoms with E-state index in [1.54, 1.807) is 4.90 Å². The SMILES string of the molecule is [2H]c1c([2H])c(N(c2ccccc2)c2ccccc2)c([2H])c([2H])c1-c1ccc2cc(N(c3ccc(-c4ccccc4)cc3)c3ccc4c5ccccc5n(-c5ccccc5)c4c3)ccc2c1. The van der Waals surface area contributed by atoms with Gasteiger partial charge in [0.1, 0.15) is 0 Å². The van der Waals surface area contributed by atoms with Gasteiger partial charge in [-0.15, -0.1) is 0 Å². The van der Waals surface area contributed by atoms with Crippen molar-refractivity contribution in [2.75, 3.05) is 9.80 Å². The first kappa shape index (κ1) is 31.8. The van der Waals surface area contributed by atoms with E-state index in [2.05, 4.69) is 143 Å². The number of aromatic nitrogens is 1. The summed E-state index contributed by atoms with van der Waals surface area (Å²) in [6.07, 6.45) is 0. The average Bonchev–Trinajstić information content (AvgIpc) is 3.70. The molecular weight excluding hydrogens is 739 g/mol. The van der Waals surface area contributed by atoms with Crippen LogP contribution in [0.15, 0.2) is 249 Å². The number of rotatable bonds is 9. The summed E-state index contributed by atoms with van der Waals surface area (Å²) in [6.45, 7) is 0. The summed E-state index contributed by atoms with van der Waals surface area (Å²) in [7, 11) is 0. The first-order valence-electron chi connectivity index (χ1n) is 22.5. The smallest absolute Gasteiger partial charge is 0.0645 e. The quantitative estimate of drug-likeness (QED) is 0.144. The number of nitrogens with zero attached hydrogens (tertiary/aromatic N) is 3. The molecule has 11 rings (SSSR count). The molecule has 0 fully saturated rings. The Hall–Kier alpha value is -8.14. The maximum absolute atomic E-state index is 9.33. The van der Waals surface area contributed by atoms with E-state index in [-0.39, 0.29) is 35.4 Å². The summed E-state index contributed by atoms with van der Waals surface area (Å²) in [5.74, 6) is 0. The van der Waals surface area contributed by atoms with Crippen LogP contribution < -0.4 is 9.80 Å². The van der Waals surface area contributed by atoms with Crippen molar-refractivity contribution >= 4 is 66.7 Å². The lowest BCUT2D eigenvalue weighted by atomic mass is 10.00. The number of hydrogen-bond donors (Lipinski definition) is 0. The van der Waals surface area contributed by atoms with Crippen molar-refractivity contribution < 1.29 is 5.48 Å². The van der Waals surface area contributed by atoms with Crippen molar-refractivity contribution in [1.82, 2.24) is 4.57 Å². The van der Waals surface area contributed by atoms with Gasteiger partial charge >= 0.3 is 0 Å². The molecule has 0 radical (unpaired) electrons. The first-order chi connectivity index (χ1) is 31.9. The van der Waals surface area contributed by atoms with E-state index in [0.29, 0.717) is 5.56 Å². The maximum atomic E-state index is 9.33. The van der Waals surface area contributed by atoms with E-state index < -0.39 is 0 Å². The lowest BCUT2D eigenvalue weighted by Gasteiger charge is -2.26. The van der Waals surface area contributed by atoms with Gasteiger partial charge < -0.3 is 14.4 Å². The van der Waals surface area contributed by atoms with E-state index in [9.17, 15) is 5.48 Å². The molecule has 61 heavy (non-hydrogen) atoms. The summed E-state index contributed by atoms with van der Waals surface area (Å²) in [4.78, 5) is 4.09. The van der Waals surface area contributed by atoms with E-state index in [4.69, 9.17) is 0 Å². The lowest BCUT2D eigenvalue weighted by Crippen LogP contribution is -2.10. The Morgan fingerprint density at radius 2 is 0.770 bits per heavy atom. The molecule has 0 aliphatic rings. The third-order valence-electron chi connectivity index (χ3n) is 11.4. The normalized spacial score (nSPS) is 12.2. The van der Waals surface area contributed by atoms with Gasteiger partial charge in [0.15, 0.2) is 0 Å². The summed E-state index contributed by atoms with van der Waals surface area (Å²) in [5.41, 5.74) is 11.2. The topological polar surface area (TPSA) is 11.4 Å². The molecule has 288 valence electrons. The zero-order valence-electron chi connectivity index (χ0n) is 37.2. The molecule has 1 aromatic heterocycles. The Bertz CT molecular complexity index is 3450. The van der Waals surface area contributed by atoms with Crippen molar-refractivity contribution in [3.63, 3.8) is 0 Å². The standard InChI is InChI=1S/C58H41N3/c1-5-15-42(16-6-1)43-27-32-52(33-28-43)60(54-37-38-56-55-23-13-14-24-57(55)61(58(56)41-54)50-21-11-4-12-22-50)53-36-31-46-39-45(25-26-47(46)40-53)44-29-34-51(35-30-44)59(48-17-7-2-8-18-48)49-19-9-3-10-20-49/h1-41H/i29D,30D,34D,35D. The van der Waals surface area contributed by atoms with Crippen LogP contribution in [0.5, 0.6) is 0 Å². The van der Waals surface area contributed by atoms with Crippen molar-refractivity contribution in [3.8, 4) is 27.9 Å². The molecule has 1 heterocycles. The number of benzene rings is 10. The number of anilines is 6. The molecule has 0 saturated carbocycles. The Morgan fingerprint density at radius 1 is 0.295 bits per heavy atom. The fraction of sp³-hybridized carbons (Fsp3) is 0. The largest absolute Gasteiger partial charge is 0.311 e. The lowest BCUT2D eigenvalue weighted by molar-refractivity contribution is 1.18. The van der Waals surface area contributed by atoms with E-state index >= 15 is 0 Å². The van der Waals surface area contributed by atoms with Crippen LogP contribution in [0.1, 0.15) is 5.48 Å². The molecule has 0 saturated heterocycles. The van der Waals surface area contributed by atoms with Crippen molar-refractivity contribution in [1.29, 1.82) is 0 Å². The highest BCUT2D eigenvalue weighted by molar-refractivity contribution is 6.10. The monoisotopic (exact) mass is 783 g/mol. The Kier molecular flexibility index (Phi) is 8.11. The van der Waals surface area contributed by atoms with Crippen LogP contribution in [0.2, 0.25) is 0 Å². The molecule has 11 aromatic rings. The van der Waals surface area contributed by atoms with Crippen molar-refractivity contribution in [2.24, 2.45) is 0 Å². The van der Waals surface area contributed by atoms with Gasteiger partial charge in [-0.2, -0.15) is 0 Å². The molecule has 0 amide bonds. The fourth-order valence-corrected chi connectivity index (χ4v) is 8.49. The molecule has 0 atom stereocenters. The van der Waals surface area contributed by atoms with Crippen LogP contribution >= 0.6 is 0 Å². The van der Waals surface area contributed by atoms with E-state index in [1.807, 2.05) is 91.0 Å². The van der Waals surface area contributed by atoms with Gasteiger partial charge in [0.05, 0.1) is 16.5 Å². The van der Waals surface area contributed by atoms with E-state index in [0.717, 1.165) is 67.1 Å². The Balaban J connectivity index is 1.03. The van der Waals surface area contributed by atoms with Crippen LogP contribution in [0.4, 0.5) is 34.1 Å². The third-order valence-corrected chi connectivity index (χ3v) is 11.4. The van der Waals surface area contributed by atoms with Crippen molar-refractivity contribution in [2.45, 2.75) is 0 Å². The summed E-state index contributed by atoms with van der Waals surface area (Å²) >= 11 is 0. The molecule has 3 heteroatoms. The minimum absolute atomic E-state index is 0.0951. The zero-order valence-corrected chi connectivity index (χ0v) is 33.2. The van der Waals surface area contributed by atoms with Gasteiger partial charge in [-0.3, -0.25) is 0 Å². The molecule has 0 N–H and O–H groups in total. The van der Waals surface area contributed by atoms with Gasteiger partial charge in [0.2, 0.25) is 0 Å². The van der Waals surface area contributed by atoms with Crippen LogP contribution in [0.3, 0.4) is 0 Å². The second kappa shape index (κ2) is 15.6. The van der Waals surface area contributed by atoms with Crippen molar-refractivity contribution in [3.05, 3.63) is 249 Å². The predicted molar refractivity (Wildman–Crippen MR) is 259 cm³/mol. The molecule has 0 aliphatic carbocycles. The zero-order chi connectivity index (χ0) is 44.0. The van der Waals surface area contributed by atoms with Gasteiger partial charge in [-0.05, 0) is 130 Å². The van der Waals surface area contributed by atoms with Gasteiger partial charge in [-0.1, -0.05) is 152 Å². The van der Waals surface area contributed by atoms with Crippen LogP contribution in [0, 0.1) is 0 Å². The van der Waals surface area contributed by atoms with Crippen LogP contribution in [-0.2, 0) is 0 Å². The molecule has 10 aromatic carbocycles. The first-order valence-corrected chi connectivity index (χ1v) is 20.5. The highest BCUT2D eigenvalue weighted by Crippen LogP contribution is 2.42. The maximum Gasteiger partial charge on any atom is 0.0645 e. The van der Waals surface area contributed by atoms with E-state index in [1.165, 1.54) is 10.8 Å². The predicted octanol–water partition coefficient (Wildman–Crippen LogP) is 16.2. The highest BCUT2D eigenvalue weighted by Gasteiger charge is 2.19. The molecule has 0 bridgehead atoms. The summed E-state index contributed by atoms with van der Waals surface area (Å²) < 4.78 is 39.6. The molecule has 3 nitrogen and oxygen atoms in total. The minimum atomic E-state index is -0.110. The van der Waals surface area contributed by atoms with Crippen LogP contribution in [0.25, 0.3) is 60.5 Å². The average molecular weight is 784 g/mol. The van der Waals surface area contributed by atoms with Gasteiger partial charge in [0.25, 0.3) is 0 Å². The van der Waals surface area contributed by atoms with Crippen LogP contribution in [-0.4, -0.2) is 4.57 Å². The molecule has 0 aliphatic heterocycles. The molecule has 0 spiro atoms. The second-order valence-corrected chi connectivity index (χ2v) is 15.1. The molecular formula is C58H41N3. The van der Waals surface area contributed by atoms with Gasteiger partial charge in [0, 0.05) is 50.6 Å². The summed E-state index contributed by atoms with van der Waals surface area (Å²) in [5, 5.41) is 4.26. The molecule has 0 unspecified atom stereocenters. The third kappa shape index (κ3) is 6.78. The summed E-state index contributed by atoms with van der Waals surface area (Å²) in [6, 6.07) is 75.8. The number of para-hydroxylation sites is 4. The van der Waals surface area contributed by atoms with Gasteiger partial charge in [-0.25, -0.2) is 0 Å². The second-order valence-electron chi connectivity index (χ2n) is 15.1. The highest BCUT2D eigenvalue weighted by atomic mass is 15.1. The number of fused-ring (bicyclic) bond motifs is 4.